The van der Waals surface area contributed by atoms with E-state index in [0.717, 1.165) is 0 Å². The predicted octanol–water partition coefficient (Wildman–Crippen LogP) is -0.0951. The van der Waals surface area contributed by atoms with Crippen molar-refractivity contribution in [3.05, 3.63) is 11.6 Å². The van der Waals surface area contributed by atoms with Gasteiger partial charge in [-0.05, 0) is 0 Å². The minimum Gasteiger partial charge on any atom is -0.420 e. The predicted molar refractivity (Wildman–Crippen MR) is 28.1 cm³/mol. The van der Waals surface area contributed by atoms with E-state index in [0.29, 0.717) is 0 Å². The van der Waals surface area contributed by atoms with Gasteiger partial charge in [0.1, 0.15) is 12.6 Å². The van der Waals surface area contributed by atoms with Crippen molar-refractivity contribution in [2.45, 2.75) is 0 Å². The molecule has 2 N–H and O–H groups in total. The van der Waals surface area contributed by atoms with Gasteiger partial charge in [-0.25, -0.2) is 0 Å². The van der Waals surface area contributed by atoms with E-state index in [2.05, 4.69) is 21.3 Å². The Hall–Kier alpha value is 0.204. The Morgan fingerprint density at radius 3 is 2.89 bits per heavy atom. The molecule has 0 aromatic carbocycles. The maximum Gasteiger partial charge on any atom is 0.143 e. The summed E-state index contributed by atoms with van der Waals surface area (Å²) in [5, 5.41) is 0.0275. The quantitative estimate of drug-likeness (QED) is 0.670. The van der Waals surface area contributed by atoms with Gasteiger partial charge in [0.15, 0.2) is 0 Å². The first kappa shape index (κ1) is 7.31. The molecule has 0 aliphatic carbocycles. The summed E-state index contributed by atoms with van der Waals surface area (Å²) < 4.78 is 6.56. The van der Waals surface area contributed by atoms with E-state index in [1.54, 1.807) is 0 Å². The fraction of sp³-hybridized carbons (Fsp3) is 0. The number of hydrogen-bond acceptors (Lipinski definition) is 4. The molecule has 0 saturated carbocycles. The molecule has 1 heterocycles. The molecule has 0 amide bonds. The zero-order valence-electron chi connectivity index (χ0n) is 5.30. The van der Waals surface area contributed by atoms with Crippen molar-refractivity contribution < 1.29 is 34.1 Å². The normalized spacial score (nSPS) is 9.22. The number of halogens is 1. The SMILES string of the molecule is [2H]Nc1n[c-]nc(Cl)n1.[Y]. The summed E-state index contributed by atoms with van der Waals surface area (Å²) in [7, 11) is 0. The molecule has 0 aliphatic rings. The van der Waals surface area contributed by atoms with Gasteiger partial charge < -0.3 is 20.7 Å². The maximum atomic E-state index is 6.56. The fourth-order valence-corrected chi connectivity index (χ4v) is 0.369. The molecule has 0 unspecified atom stereocenters. The Morgan fingerprint density at radius 2 is 2.44 bits per heavy atom. The third kappa shape index (κ3) is 3.03. The molecular formula is C3H2ClN4Y-. The van der Waals surface area contributed by atoms with E-state index in [1.165, 1.54) is 0 Å². The fourth-order valence-electron chi connectivity index (χ4n) is 0.251. The van der Waals surface area contributed by atoms with Crippen LogP contribution in [0.3, 0.4) is 0 Å². The number of anilines is 1. The summed E-state index contributed by atoms with van der Waals surface area (Å²) in [6, 6.07) is 0. The molecule has 0 spiro atoms. The second-order valence-electron chi connectivity index (χ2n) is 1.03. The van der Waals surface area contributed by atoms with E-state index in [9.17, 15) is 0 Å². The minimum absolute atomic E-state index is 0. The second kappa shape index (κ2) is 4.09. The van der Waals surface area contributed by atoms with Gasteiger partial charge in [-0.2, -0.15) is 0 Å². The summed E-state index contributed by atoms with van der Waals surface area (Å²) in [5.41, 5.74) is 1.94. The van der Waals surface area contributed by atoms with Gasteiger partial charge in [-0.1, -0.05) is 0 Å². The standard InChI is InChI=1S/C3H2ClN4.Y/c4-2-6-1-7-3(5)8-2;/h(H2,5,6,7,8);/q-1;/i/hD. The van der Waals surface area contributed by atoms with Crippen LogP contribution in [-0.2, 0) is 32.7 Å². The van der Waals surface area contributed by atoms with Crippen molar-refractivity contribution in [2.75, 3.05) is 5.73 Å². The molecule has 4 nitrogen and oxygen atoms in total. The zero-order valence-corrected chi connectivity index (χ0v) is 7.89. The van der Waals surface area contributed by atoms with E-state index in [1.807, 2.05) is 5.73 Å². The average molecular weight is 219 g/mol. The average Bonchev–Trinajstić information content (AvgIpc) is 1.88. The van der Waals surface area contributed by atoms with Crippen LogP contribution in [0.4, 0.5) is 5.95 Å². The molecule has 1 aromatic rings. The first-order valence-electron chi connectivity index (χ1n) is 2.28. The van der Waals surface area contributed by atoms with Gasteiger partial charge in [-0.15, -0.1) is 11.6 Å². The summed E-state index contributed by atoms with van der Waals surface area (Å²) in [6.45, 7) is 0. The minimum atomic E-state index is 0. The Balaban J connectivity index is 0.000000810. The Morgan fingerprint density at radius 1 is 1.67 bits per heavy atom. The smallest absolute Gasteiger partial charge is 0.143 e. The summed E-state index contributed by atoms with van der Waals surface area (Å²) in [5.74, 6) is 0.0926. The van der Waals surface area contributed by atoms with Crippen molar-refractivity contribution in [1.29, 1.82) is 0 Å². The number of rotatable bonds is 1. The molecule has 9 heavy (non-hydrogen) atoms. The van der Waals surface area contributed by atoms with E-state index < -0.39 is 0 Å². The molecule has 1 radical (unpaired) electrons. The number of nitrogens with two attached hydrogens (primary N) is 1. The molecule has 0 saturated heterocycles. The largest absolute Gasteiger partial charge is 0.420 e. The molecule has 0 aliphatic heterocycles. The van der Waals surface area contributed by atoms with Gasteiger partial charge >= 0.3 is 0 Å². The molecule has 1 rings (SSSR count). The maximum absolute atomic E-state index is 6.56. The Kier molecular flexibility index (Phi) is 3.32. The zero-order chi connectivity index (χ0) is 6.69. The topological polar surface area (TPSA) is 64.7 Å². The van der Waals surface area contributed by atoms with Gasteiger partial charge in [0.25, 0.3) is 0 Å². The molecule has 0 atom stereocenters. The van der Waals surface area contributed by atoms with Gasteiger partial charge in [0.05, 0.1) is 0 Å². The van der Waals surface area contributed by atoms with Crippen LogP contribution >= 0.6 is 11.6 Å². The summed E-state index contributed by atoms with van der Waals surface area (Å²) >= 11 is 5.31. The van der Waals surface area contributed by atoms with E-state index >= 15 is 0 Å². The van der Waals surface area contributed by atoms with Crippen LogP contribution < -0.4 is 5.73 Å². The third-order valence-corrected chi connectivity index (χ3v) is 0.665. The number of aromatic nitrogens is 3. The number of nitrogens with zero attached hydrogens (tertiary/aromatic N) is 3. The van der Waals surface area contributed by atoms with E-state index in [-0.39, 0.29) is 43.9 Å². The third-order valence-electron chi connectivity index (χ3n) is 0.496. The number of hydrogen-bond donors (Lipinski definition) is 1. The van der Waals surface area contributed by atoms with Crippen LogP contribution in [0, 0.1) is 6.33 Å². The molecule has 1 aromatic heterocycles. The van der Waals surface area contributed by atoms with Crippen LogP contribution in [0.1, 0.15) is 0 Å². The van der Waals surface area contributed by atoms with Crippen molar-refractivity contribution in [1.82, 2.24) is 15.0 Å². The Labute approximate surface area is 83.6 Å². The summed E-state index contributed by atoms with van der Waals surface area (Å²) in [6.07, 6.45) is 2.20. The first-order chi connectivity index (χ1) is 4.33. The van der Waals surface area contributed by atoms with Crippen LogP contribution in [0.5, 0.6) is 0 Å². The second-order valence-corrected chi connectivity index (χ2v) is 1.37. The monoisotopic (exact) mass is 219 g/mol. The molecule has 0 fully saturated rings. The van der Waals surface area contributed by atoms with Crippen molar-refractivity contribution in [2.24, 2.45) is 0 Å². The first-order valence-corrected chi connectivity index (χ1v) is 2.16. The van der Waals surface area contributed by atoms with Crippen LogP contribution in [0.25, 0.3) is 0 Å². The van der Waals surface area contributed by atoms with Crippen LogP contribution in [0.15, 0.2) is 0 Å². The van der Waals surface area contributed by atoms with Crippen LogP contribution in [-0.4, -0.2) is 15.0 Å². The summed E-state index contributed by atoms with van der Waals surface area (Å²) in [4.78, 5) is 10.3. The van der Waals surface area contributed by atoms with Crippen LogP contribution in [0.2, 0.25) is 6.70 Å². The molecular weight excluding hydrogens is 216 g/mol. The van der Waals surface area contributed by atoms with Crippen molar-refractivity contribution >= 4 is 17.5 Å². The van der Waals surface area contributed by atoms with Crippen molar-refractivity contribution in [3.63, 3.8) is 0 Å². The van der Waals surface area contributed by atoms with Gasteiger partial charge in [0.2, 0.25) is 0 Å². The molecule has 0 bridgehead atoms. The Bertz CT molecular complexity index is 209. The van der Waals surface area contributed by atoms with Gasteiger partial charge in [-0.3, -0.25) is 0 Å². The van der Waals surface area contributed by atoms with E-state index in [4.69, 9.17) is 13.0 Å². The molecule has 45 valence electrons. The van der Waals surface area contributed by atoms with Crippen molar-refractivity contribution in [3.8, 4) is 0 Å². The van der Waals surface area contributed by atoms with Gasteiger partial charge in [0, 0.05) is 39.0 Å². The number of nitrogen functional groups attached to an aromatic ring is 1. The molecule has 6 heteroatoms.